The van der Waals surface area contributed by atoms with Crippen LogP contribution in [0.3, 0.4) is 0 Å². The Balaban J connectivity index is 1.25. The molecule has 1 N–H and O–H groups in total. The Morgan fingerprint density at radius 2 is 1.84 bits per heavy atom. The van der Waals surface area contributed by atoms with Crippen LogP contribution in [-0.4, -0.2) is 71.3 Å². The molecule has 0 saturated carbocycles. The van der Waals surface area contributed by atoms with Gasteiger partial charge in [0.1, 0.15) is 18.2 Å². The van der Waals surface area contributed by atoms with Crippen molar-refractivity contribution in [3.8, 4) is 29.5 Å². The number of hydrogen-bond acceptors (Lipinski definition) is 8. The zero-order chi connectivity index (χ0) is 25.6. The van der Waals surface area contributed by atoms with E-state index in [-0.39, 0.29) is 12.0 Å². The van der Waals surface area contributed by atoms with Gasteiger partial charge in [0.05, 0.1) is 18.8 Å². The van der Waals surface area contributed by atoms with Gasteiger partial charge in [-0.1, -0.05) is 5.92 Å². The minimum Gasteiger partial charge on any atom is -0.489 e. The molecule has 2 aliphatic heterocycles. The van der Waals surface area contributed by atoms with Gasteiger partial charge in [0, 0.05) is 62.9 Å². The summed E-state index contributed by atoms with van der Waals surface area (Å²) in [5.41, 5.74) is 3.44. The molecule has 1 amide bonds. The molecular weight excluding hydrogens is 468 g/mol. The predicted molar refractivity (Wildman–Crippen MR) is 142 cm³/mol. The highest BCUT2D eigenvalue weighted by atomic mass is 16.5. The first-order valence-corrected chi connectivity index (χ1v) is 12.5. The summed E-state index contributed by atoms with van der Waals surface area (Å²) < 4.78 is 11.5. The number of aromatic nitrogens is 3. The van der Waals surface area contributed by atoms with E-state index in [9.17, 15) is 4.79 Å². The van der Waals surface area contributed by atoms with Crippen LogP contribution in [0.2, 0.25) is 0 Å². The minimum absolute atomic E-state index is 0.108. The molecule has 0 atom stereocenters. The van der Waals surface area contributed by atoms with Crippen LogP contribution in [0.5, 0.6) is 5.75 Å². The lowest BCUT2D eigenvalue weighted by Crippen LogP contribution is -2.48. The fraction of sp³-hybridized carbons (Fsp3) is 0.357. The summed E-state index contributed by atoms with van der Waals surface area (Å²) in [7, 11) is 0. The van der Waals surface area contributed by atoms with E-state index < -0.39 is 0 Å². The van der Waals surface area contributed by atoms with Gasteiger partial charge < -0.3 is 24.6 Å². The van der Waals surface area contributed by atoms with E-state index in [0.29, 0.717) is 36.3 Å². The SMILES string of the molecule is C#Cc1cc(-c2ncnc(Nc3ccc(N4CCN(C(C)=O)CC4)cc3)n2)ccc1OC1CCOCC1. The maximum absolute atomic E-state index is 11.6. The Kier molecular flexibility index (Phi) is 7.47. The van der Waals surface area contributed by atoms with Crippen LogP contribution < -0.4 is 15.0 Å². The average Bonchev–Trinajstić information content (AvgIpc) is 2.94. The lowest BCUT2D eigenvalue weighted by Gasteiger charge is -2.35. The summed E-state index contributed by atoms with van der Waals surface area (Å²) in [6.45, 7) is 6.16. The second-order valence-electron chi connectivity index (χ2n) is 9.08. The first-order valence-electron chi connectivity index (χ1n) is 12.5. The second kappa shape index (κ2) is 11.3. The second-order valence-corrected chi connectivity index (χ2v) is 9.08. The normalized spacial score (nSPS) is 16.2. The van der Waals surface area contributed by atoms with Crippen LogP contribution in [0.25, 0.3) is 11.4 Å². The number of carbonyl (C=O) groups excluding carboxylic acids is 1. The lowest BCUT2D eigenvalue weighted by molar-refractivity contribution is -0.129. The fourth-order valence-corrected chi connectivity index (χ4v) is 4.52. The van der Waals surface area contributed by atoms with Crippen molar-refractivity contribution in [3.63, 3.8) is 0 Å². The molecule has 0 aliphatic carbocycles. The molecule has 2 aromatic carbocycles. The van der Waals surface area contributed by atoms with Crippen molar-refractivity contribution in [1.82, 2.24) is 19.9 Å². The van der Waals surface area contributed by atoms with E-state index in [2.05, 4.69) is 43.2 Å². The van der Waals surface area contributed by atoms with E-state index in [1.165, 1.54) is 6.33 Å². The number of rotatable bonds is 6. The molecule has 0 radical (unpaired) electrons. The highest BCUT2D eigenvalue weighted by Gasteiger charge is 2.19. The zero-order valence-electron chi connectivity index (χ0n) is 20.9. The Labute approximate surface area is 216 Å². The first-order chi connectivity index (χ1) is 18.1. The molecular formula is C28H30N6O3. The number of ether oxygens (including phenoxy) is 2. The van der Waals surface area contributed by atoms with Crippen LogP contribution >= 0.6 is 0 Å². The molecule has 9 heteroatoms. The summed E-state index contributed by atoms with van der Waals surface area (Å²) in [6, 6.07) is 13.8. The molecule has 0 unspecified atom stereocenters. The third-order valence-electron chi connectivity index (χ3n) is 6.64. The Morgan fingerprint density at radius 1 is 1.08 bits per heavy atom. The van der Waals surface area contributed by atoms with Crippen molar-refractivity contribution in [2.75, 3.05) is 49.6 Å². The maximum atomic E-state index is 11.6. The summed E-state index contributed by atoms with van der Waals surface area (Å²) >= 11 is 0. The molecule has 190 valence electrons. The van der Waals surface area contributed by atoms with Gasteiger partial charge in [-0.05, 0) is 42.5 Å². The monoisotopic (exact) mass is 498 g/mol. The highest BCUT2D eigenvalue weighted by molar-refractivity contribution is 5.73. The molecule has 37 heavy (non-hydrogen) atoms. The van der Waals surface area contributed by atoms with Crippen LogP contribution in [-0.2, 0) is 9.53 Å². The number of benzene rings is 2. The van der Waals surface area contributed by atoms with Gasteiger partial charge in [-0.15, -0.1) is 6.42 Å². The maximum Gasteiger partial charge on any atom is 0.230 e. The van der Waals surface area contributed by atoms with Crippen LogP contribution in [0.15, 0.2) is 48.8 Å². The number of amides is 1. The molecule has 2 aliphatic rings. The van der Waals surface area contributed by atoms with Crippen molar-refractivity contribution >= 4 is 23.2 Å². The van der Waals surface area contributed by atoms with Crippen molar-refractivity contribution in [2.24, 2.45) is 0 Å². The van der Waals surface area contributed by atoms with Crippen molar-refractivity contribution in [1.29, 1.82) is 0 Å². The van der Waals surface area contributed by atoms with Gasteiger partial charge in [0.25, 0.3) is 0 Å². The van der Waals surface area contributed by atoms with E-state index in [1.807, 2.05) is 35.2 Å². The number of carbonyl (C=O) groups is 1. The third-order valence-corrected chi connectivity index (χ3v) is 6.64. The van der Waals surface area contributed by atoms with Crippen molar-refractivity contribution in [3.05, 3.63) is 54.4 Å². The highest BCUT2D eigenvalue weighted by Crippen LogP contribution is 2.27. The summed E-state index contributed by atoms with van der Waals surface area (Å²) in [5.74, 6) is 4.50. The predicted octanol–water partition coefficient (Wildman–Crippen LogP) is 3.49. The van der Waals surface area contributed by atoms with Gasteiger partial charge in [-0.3, -0.25) is 4.79 Å². The molecule has 2 fully saturated rings. The quantitative estimate of drug-likeness (QED) is 0.517. The third kappa shape index (κ3) is 5.98. The molecule has 1 aromatic heterocycles. The Hall–Kier alpha value is -4.16. The Bertz CT molecular complexity index is 1280. The largest absolute Gasteiger partial charge is 0.489 e. The minimum atomic E-state index is 0.108. The number of hydrogen-bond donors (Lipinski definition) is 1. The van der Waals surface area contributed by atoms with E-state index in [4.69, 9.17) is 15.9 Å². The lowest BCUT2D eigenvalue weighted by atomic mass is 10.1. The van der Waals surface area contributed by atoms with Crippen molar-refractivity contribution < 1.29 is 14.3 Å². The number of terminal acetylenes is 1. The zero-order valence-corrected chi connectivity index (χ0v) is 20.9. The molecule has 3 heterocycles. The van der Waals surface area contributed by atoms with Gasteiger partial charge >= 0.3 is 0 Å². The molecule has 2 saturated heterocycles. The average molecular weight is 499 g/mol. The van der Waals surface area contributed by atoms with Gasteiger partial charge in [-0.2, -0.15) is 4.98 Å². The van der Waals surface area contributed by atoms with E-state index in [0.717, 1.165) is 56.0 Å². The standard InChI is InChI=1S/C28H30N6O3/c1-3-21-18-22(4-9-26(21)37-25-10-16-36-17-11-25)27-29-19-30-28(32-27)31-23-5-7-24(8-6-23)34-14-12-33(13-15-34)20(2)35/h1,4-9,18-19,25H,10-17H2,2H3,(H,29,30,31,32). The number of anilines is 3. The summed E-state index contributed by atoms with van der Waals surface area (Å²) in [4.78, 5) is 28.9. The van der Waals surface area contributed by atoms with Crippen LogP contribution in [0.4, 0.5) is 17.3 Å². The molecule has 0 bridgehead atoms. The van der Waals surface area contributed by atoms with Crippen molar-refractivity contribution in [2.45, 2.75) is 25.9 Å². The first kappa shape index (κ1) is 24.5. The van der Waals surface area contributed by atoms with Gasteiger partial charge in [-0.25, -0.2) is 9.97 Å². The van der Waals surface area contributed by atoms with Crippen LogP contribution in [0.1, 0.15) is 25.3 Å². The van der Waals surface area contributed by atoms with E-state index >= 15 is 0 Å². The molecule has 9 nitrogen and oxygen atoms in total. The number of piperazine rings is 1. The fourth-order valence-electron chi connectivity index (χ4n) is 4.52. The smallest absolute Gasteiger partial charge is 0.230 e. The van der Waals surface area contributed by atoms with E-state index in [1.54, 1.807) is 6.92 Å². The number of nitrogens with one attached hydrogen (secondary N) is 1. The summed E-state index contributed by atoms with van der Waals surface area (Å²) in [6.07, 6.45) is 9.07. The Morgan fingerprint density at radius 3 is 2.54 bits per heavy atom. The number of nitrogens with zero attached hydrogens (tertiary/aromatic N) is 5. The molecule has 5 rings (SSSR count). The topological polar surface area (TPSA) is 92.7 Å². The van der Waals surface area contributed by atoms with Gasteiger partial charge in [0.2, 0.25) is 11.9 Å². The van der Waals surface area contributed by atoms with Gasteiger partial charge in [0.15, 0.2) is 5.82 Å². The summed E-state index contributed by atoms with van der Waals surface area (Å²) in [5, 5.41) is 3.25. The molecule has 0 spiro atoms. The van der Waals surface area contributed by atoms with Crippen LogP contribution in [0, 0.1) is 12.3 Å². The molecule has 3 aromatic rings.